The van der Waals surface area contributed by atoms with Crippen molar-refractivity contribution in [2.75, 3.05) is 11.2 Å². The van der Waals surface area contributed by atoms with E-state index in [0.717, 1.165) is 31.3 Å². The molecule has 0 amide bonds. The molecule has 2 rings (SSSR count). The van der Waals surface area contributed by atoms with Gasteiger partial charge in [-0.2, -0.15) is 0 Å². The van der Waals surface area contributed by atoms with Crippen molar-refractivity contribution in [2.45, 2.75) is 51.6 Å². The number of aromatic nitrogens is 2. The van der Waals surface area contributed by atoms with E-state index in [9.17, 15) is 0 Å². The Kier molecular flexibility index (Phi) is 3.97. The summed E-state index contributed by atoms with van der Waals surface area (Å²) >= 11 is 6.20. The first-order chi connectivity index (χ1) is 8.19. The molecule has 17 heavy (non-hydrogen) atoms. The van der Waals surface area contributed by atoms with Crippen molar-refractivity contribution >= 4 is 17.5 Å². The van der Waals surface area contributed by atoms with Crippen LogP contribution in [-0.4, -0.2) is 21.0 Å². The first kappa shape index (κ1) is 12.7. The van der Waals surface area contributed by atoms with E-state index in [1.807, 2.05) is 12.4 Å². The summed E-state index contributed by atoms with van der Waals surface area (Å²) in [6, 6.07) is 0. The number of aryl methyl sites for hydroxylation is 1. The minimum atomic E-state index is 0.0480. The number of halogens is 1. The zero-order valence-electron chi connectivity index (χ0n) is 10.7. The molecule has 1 aromatic rings. The van der Waals surface area contributed by atoms with E-state index in [1.54, 1.807) is 0 Å². The summed E-state index contributed by atoms with van der Waals surface area (Å²) < 4.78 is 2.13. The second kappa shape index (κ2) is 5.30. The smallest absolute Gasteiger partial charge is 0.203 e. The van der Waals surface area contributed by atoms with Gasteiger partial charge in [-0.25, -0.2) is 4.98 Å². The largest absolute Gasteiger partial charge is 0.349 e. The normalized spacial score (nSPS) is 29.2. The summed E-state index contributed by atoms with van der Waals surface area (Å²) in [5.41, 5.74) is 0.0480. The van der Waals surface area contributed by atoms with Gasteiger partial charge in [0.1, 0.15) is 0 Å². The molecule has 0 spiro atoms. The van der Waals surface area contributed by atoms with Crippen LogP contribution in [0.15, 0.2) is 12.4 Å². The Morgan fingerprint density at radius 3 is 2.82 bits per heavy atom. The van der Waals surface area contributed by atoms with Crippen LogP contribution >= 0.6 is 11.6 Å². The fourth-order valence-corrected chi connectivity index (χ4v) is 2.87. The van der Waals surface area contributed by atoms with Gasteiger partial charge in [-0.15, -0.1) is 11.6 Å². The maximum atomic E-state index is 6.20. The average molecular weight is 256 g/mol. The van der Waals surface area contributed by atoms with Gasteiger partial charge >= 0.3 is 0 Å². The molecule has 0 radical (unpaired) electrons. The molecule has 1 aliphatic carbocycles. The summed E-state index contributed by atoms with van der Waals surface area (Å²) in [6.07, 6.45) is 8.66. The third-order valence-corrected chi connectivity index (χ3v) is 4.43. The van der Waals surface area contributed by atoms with Crippen molar-refractivity contribution in [1.29, 1.82) is 0 Å². The van der Waals surface area contributed by atoms with E-state index >= 15 is 0 Å². The van der Waals surface area contributed by atoms with Crippen molar-refractivity contribution < 1.29 is 0 Å². The molecule has 1 aromatic heterocycles. The van der Waals surface area contributed by atoms with Crippen LogP contribution < -0.4 is 5.32 Å². The first-order valence-corrected chi connectivity index (χ1v) is 7.08. The van der Waals surface area contributed by atoms with Gasteiger partial charge in [0.2, 0.25) is 5.95 Å². The third kappa shape index (κ3) is 2.76. The quantitative estimate of drug-likeness (QED) is 0.835. The summed E-state index contributed by atoms with van der Waals surface area (Å²) in [5.74, 6) is 2.46. The van der Waals surface area contributed by atoms with Crippen LogP contribution in [0.2, 0.25) is 0 Å². The maximum absolute atomic E-state index is 6.20. The predicted octanol–water partition coefficient (Wildman–Crippen LogP) is 3.50. The number of imidazole rings is 1. The summed E-state index contributed by atoms with van der Waals surface area (Å²) in [6.45, 7) is 5.39. The molecule has 0 saturated heterocycles. The molecule has 0 unspecified atom stereocenters. The Morgan fingerprint density at radius 2 is 2.24 bits per heavy atom. The number of anilines is 1. The zero-order chi connectivity index (χ0) is 12.3. The van der Waals surface area contributed by atoms with Crippen LogP contribution in [0.3, 0.4) is 0 Å². The highest BCUT2D eigenvalue weighted by Gasteiger charge is 2.34. The molecule has 0 atom stereocenters. The Labute approximate surface area is 109 Å². The van der Waals surface area contributed by atoms with Gasteiger partial charge in [-0.3, -0.25) is 0 Å². The highest BCUT2D eigenvalue weighted by Crippen LogP contribution is 2.35. The number of hydrogen-bond donors (Lipinski definition) is 1. The Morgan fingerprint density at radius 1 is 1.53 bits per heavy atom. The van der Waals surface area contributed by atoms with Gasteiger partial charge in [0, 0.05) is 24.8 Å². The minimum absolute atomic E-state index is 0.0480. The first-order valence-electron chi connectivity index (χ1n) is 6.54. The van der Waals surface area contributed by atoms with Gasteiger partial charge in [0.15, 0.2) is 0 Å². The number of hydrogen-bond acceptors (Lipinski definition) is 2. The van der Waals surface area contributed by atoms with Gasteiger partial charge < -0.3 is 9.88 Å². The number of alkyl halides is 1. The molecule has 0 bridgehead atoms. The van der Waals surface area contributed by atoms with Gasteiger partial charge in [0.25, 0.3) is 0 Å². The lowest BCUT2D eigenvalue weighted by Crippen LogP contribution is -2.44. The molecule has 96 valence electrons. The van der Waals surface area contributed by atoms with E-state index in [4.69, 9.17) is 11.6 Å². The molecule has 3 nitrogen and oxygen atoms in total. The highest BCUT2D eigenvalue weighted by atomic mass is 35.5. The Bertz CT molecular complexity index is 353. The van der Waals surface area contributed by atoms with Crippen molar-refractivity contribution in [3.8, 4) is 0 Å². The lowest BCUT2D eigenvalue weighted by molar-refractivity contribution is 0.285. The van der Waals surface area contributed by atoms with Gasteiger partial charge in [-0.1, -0.05) is 6.92 Å². The fourth-order valence-electron chi connectivity index (χ4n) is 2.53. The minimum Gasteiger partial charge on any atom is -0.349 e. The van der Waals surface area contributed by atoms with Crippen LogP contribution in [-0.2, 0) is 6.54 Å². The van der Waals surface area contributed by atoms with Crippen molar-refractivity contribution in [3.63, 3.8) is 0 Å². The zero-order valence-corrected chi connectivity index (χ0v) is 11.5. The van der Waals surface area contributed by atoms with Crippen LogP contribution in [0.1, 0.15) is 39.5 Å². The van der Waals surface area contributed by atoms with E-state index in [2.05, 4.69) is 28.7 Å². The molecule has 4 heteroatoms. The second-order valence-corrected chi connectivity index (χ2v) is 5.53. The van der Waals surface area contributed by atoms with Crippen molar-refractivity contribution in [1.82, 2.24) is 9.55 Å². The lowest BCUT2D eigenvalue weighted by atomic mass is 9.78. The SMILES string of the molecule is CCn1ccnc1NC1(CCl)CCC(C)CC1. The molecule has 0 aliphatic heterocycles. The summed E-state index contributed by atoms with van der Waals surface area (Å²) in [5, 5.41) is 3.58. The maximum Gasteiger partial charge on any atom is 0.203 e. The van der Waals surface area contributed by atoms with E-state index in [0.29, 0.717) is 5.88 Å². The van der Waals surface area contributed by atoms with Crippen molar-refractivity contribution in [2.24, 2.45) is 5.92 Å². The Balaban J connectivity index is 2.09. The molecule has 1 fully saturated rings. The summed E-state index contributed by atoms with van der Waals surface area (Å²) in [7, 11) is 0. The monoisotopic (exact) mass is 255 g/mol. The highest BCUT2D eigenvalue weighted by molar-refractivity contribution is 6.18. The number of nitrogens with zero attached hydrogens (tertiary/aromatic N) is 2. The number of nitrogens with one attached hydrogen (secondary N) is 1. The Hall–Kier alpha value is -0.700. The van der Waals surface area contributed by atoms with Crippen molar-refractivity contribution in [3.05, 3.63) is 12.4 Å². The fraction of sp³-hybridized carbons (Fsp3) is 0.769. The van der Waals surface area contributed by atoms with Gasteiger partial charge in [-0.05, 0) is 38.5 Å². The molecule has 0 aromatic carbocycles. The molecular weight excluding hydrogens is 234 g/mol. The average Bonchev–Trinajstić information content (AvgIpc) is 2.79. The molecule has 1 aliphatic rings. The van der Waals surface area contributed by atoms with E-state index in [1.165, 1.54) is 12.8 Å². The predicted molar refractivity (Wildman–Crippen MR) is 72.6 cm³/mol. The van der Waals surface area contributed by atoms with Crippen LogP contribution in [0.5, 0.6) is 0 Å². The van der Waals surface area contributed by atoms with Crippen LogP contribution in [0, 0.1) is 5.92 Å². The summed E-state index contributed by atoms with van der Waals surface area (Å²) in [4.78, 5) is 4.39. The topological polar surface area (TPSA) is 29.9 Å². The molecule has 1 saturated carbocycles. The third-order valence-electron chi connectivity index (χ3n) is 3.92. The molecule has 1 heterocycles. The van der Waals surface area contributed by atoms with Gasteiger partial charge in [0.05, 0.1) is 5.54 Å². The lowest BCUT2D eigenvalue weighted by Gasteiger charge is -2.39. The van der Waals surface area contributed by atoms with E-state index in [-0.39, 0.29) is 5.54 Å². The standard InChI is InChI=1S/C13H22ClN3/c1-3-17-9-8-15-12(17)16-13(10-14)6-4-11(2)5-7-13/h8-9,11H,3-7,10H2,1-2H3,(H,15,16). The van der Waals surface area contributed by atoms with E-state index < -0.39 is 0 Å². The van der Waals surface area contributed by atoms with Crippen LogP contribution in [0.25, 0.3) is 0 Å². The molecular formula is C13H22ClN3. The molecule has 1 N–H and O–H groups in total. The number of rotatable bonds is 4. The second-order valence-electron chi connectivity index (χ2n) is 5.26. The van der Waals surface area contributed by atoms with Crippen LogP contribution in [0.4, 0.5) is 5.95 Å².